The third-order valence-electron chi connectivity index (χ3n) is 3.00. The molecule has 0 N–H and O–H groups in total. The minimum absolute atomic E-state index is 0.187. The second-order valence-corrected chi connectivity index (χ2v) is 4.34. The van der Waals surface area contributed by atoms with Crippen molar-refractivity contribution in [2.45, 2.75) is 13.3 Å². The lowest BCUT2D eigenvalue weighted by molar-refractivity contribution is 0.0773. The first-order valence-electron chi connectivity index (χ1n) is 6.65. The maximum absolute atomic E-state index is 12.6. The molecule has 0 atom stereocenters. The van der Waals surface area contributed by atoms with E-state index >= 15 is 0 Å². The Hall–Kier alpha value is -2.35. The summed E-state index contributed by atoms with van der Waals surface area (Å²) in [6, 6.07) is 3.24. The van der Waals surface area contributed by atoms with E-state index in [1.165, 1.54) is 21.3 Å². The van der Waals surface area contributed by atoms with E-state index in [9.17, 15) is 4.79 Å². The number of carbonyl (C=O) groups is 1. The summed E-state index contributed by atoms with van der Waals surface area (Å²) in [5.41, 5.74) is 0.402. The van der Waals surface area contributed by atoms with Crippen molar-refractivity contribution in [3.05, 3.63) is 17.7 Å². The summed E-state index contributed by atoms with van der Waals surface area (Å²) in [6.07, 6.45) is 6.15. The van der Waals surface area contributed by atoms with Gasteiger partial charge in [-0.1, -0.05) is 12.8 Å². The Bertz CT molecular complexity index is 534. The first-order valence-corrected chi connectivity index (χ1v) is 6.65. The molecule has 0 unspecified atom stereocenters. The molecule has 5 nitrogen and oxygen atoms in total. The van der Waals surface area contributed by atoms with Gasteiger partial charge in [-0.3, -0.25) is 4.79 Å². The quantitative estimate of drug-likeness (QED) is 0.723. The van der Waals surface area contributed by atoms with Crippen LogP contribution in [0.3, 0.4) is 0 Å². The van der Waals surface area contributed by atoms with Gasteiger partial charge in [-0.05, 0) is 6.42 Å². The number of hydrogen-bond donors (Lipinski definition) is 0. The largest absolute Gasteiger partial charge is 0.496 e. The van der Waals surface area contributed by atoms with Gasteiger partial charge >= 0.3 is 0 Å². The van der Waals surface area contributed by atoms with E-state index in [0.29, 0.717) is 29.4 Å². The summed E-state index contributed by atoms with van der Waals surface area (Å²) in [5, 5.41) is 0. The maximum Gasteiger partial charge on any atom is 0.258 e. The van der Waals surface area contributed by atoms with Crippen LogP contribution in [0.2, 0.25) is 0 Å². The number of methoxy groups -OCH3 is 3. The van der Waals surface area contributed by atoms with E-state index in [0.717, 1.165) is 6.42 Å². The van der Waals surface area contributed by atoms with E-state index in [-0.39, 0.29) is 12.5 Å². The Morgan fingerprint density at radius 2 is 1.71 bits per heavy atom. The van der Waals surface area contributed by atoms with Crippen LogP contribution in [0.25, 0.3) is 0 Å². The van der Waals surface area contributed by atoms with Crippen molar-refractivity contribution >= 4 is 5.91 Å². The Kier molecular flexibility index (Phi) is 6.41. The van der Waals surface area contributed by atoms with Gasteiger partial charge in [-0.25, -0.2) is 0 Å². The number of hydrogen-bond acceptors (Lipinski definition) is 4. The van der Waals surface area contributed by atoms with E-state index in [2.05, 4.69) is 5.92 Å². The van der Waals surface area contributed by atoms with Crippen molar-refractivity contribution in [2.24, 2.45) is 0 Å². The third kappa shape index (κ3) is 3.82. The number of terminal acetylenes is 1. The minimum Gasteiger partial charge on any atom is -0.496 e. The molecule has 0 aliphatic rings. The number of ether oxygens (including phenoxy) is 3. The van der Waals surface area contributed by atoms with Gasteiger partial charge in [-0.15, -0.1) is 6.42 Å². The van der Waals surface area contributed by atoms with Crippen LogP contribution in [-0.2, 0) is 0 Å². The lowest BCUT2D eigenvalue weighted by Gasteiger charge is -2.21. The van der Waals surface area contributed by atoms with Crippen LogP contribution in [0.15, 0.2) is 12.1 Å². The van der Waals surface area contributed by atoms with Gasteiger partial charge in [0.05, 0.1) is 33.4 Å². The van der Waals surface area contributed by atoms with E-state index in [1.54, 1.807) is 17.0 Å². The predicted molar refractivity (Wildman–Crippen MR) is 81.1 cm³/mol. The second kappa shape index (κ2) is 8.05. The van der Waals surface area contributed by atoms with Crippen molar-refractivity contribution in [3.63, 3.8) is 0 Å². The average Bonchev–Trinajstić information content (AvgIpc) is 2.52. The molecule has 21 heavy (non-hydrogen) atoms. The summed E-state index contributed by atoms with van der Waals surface area (Å²) in [6.45, 7) is 2.83. The molecule has 1 amide bonds. The van der Waals surface area contributed by atoms with Crippen molar-refractivity contribution < 1.29 is 19.0 Å². The van der Waals surface area contributed by atoms with Gasteiger partial charge in [0.15, 0.2) is 11.5 Å². The Morgan fingerprint density at radius 1 is 1.14 bits per heavy atom. The average molecular weight is 291 g/mol. The lowest BCUT2D eigenvalue weighted by atomic mass is 10.1. The molecule has 0 saturated carbocycles. The molecule has 0 fully saturated rings. The van der Waals surface area contributed by atoms with Gasteiger partial charge in [0, 0.05) is 18.7 Å². The minimum atomic E-state index is -0.187. The SMILES string of the molecule is C#CCN(CCC)C(=O)c1cc(OC)c(OC)cc1OC. The van der Waals surface area contributed by atoms with Crippen LogP contribution in [0.5, 0.6) is 17.2 Å². The van der Waals surface area contributed by atoms with Crippen LogP contribution in [0, 0.1) is 12.3 Å². The fraction of sp³-hybridized carbons (Fsp3) is 0.438. The summed E-state index contributed by atoms with van der Waals surface area (Å²) >= 11 is 0. The van der Waals surface area contributed by atoms with E-state index in [4.69, 9.17) is 20.6 Å². The Morgan fingerprint density at radius 3 is 2.19 bits per heavy atom. The highest BCUT2D eigenvalue weighted by Crippen LogP contribution is 2.35. The highest BCUT2D eigenvalue weighted by molar-refractivity contribution is 5.98. The normalized spacial score (nSPS) is 9.67. The molecular weight excluding hydrogens is 270 g/mol. The van der Waals surface area contributed by atoms with Gasteiger partial charge in [0.2, 0.25) is 0 Å². The number of benzene rings is 1. The second-order valence-electron chi connectivity index (χ2n) is 4.34. The van der Waals surface area contributed by atoms with Crippen LogP contribution in [0.1, 0.15) is 23.7 Å². The zero-order chi connectivity index (χ0) is 15.8. The first kappa shape index (κ1) is 16.7. The number of rotatable bonds is 7. The predicted octanol–water partition coefficient (Wildman–Crippen LogP) is 2.20. The molecule has 1 rings (SSSR count). The van der Waals surface area contributed by atoms with Crippen LogP contribution >= 0.6 is 0 Å². The van der Waals surface area contributed by atoms with E-state index in [1.807, 2.05) is 6.92 Å². The van der Waals surface area contributed by atoms with Crippen LogP contribution in [-0.4, -0.2) is 45.2 Å². The smallest absolute Gasteiger partial charge is 0.258 e. The Labute approximate surface area is 125 Å². The van der Waals surface area contributed by atoms with E-state index < -0.39 is 0 Å². The number of amides is 1. The summed E-state index contributed by atoms with van der Waals surface area (Å²) in [4.78, 5) is 14.2. The van der Waals surface area contributed by atoms with Gasteiger partial charge < -0.3 is 19.1 Å². The fourth-order valence-electron chi connectivity index (χ4n) is 2.00. The third-order valence-corrected chi connectivity index (χ3v) is 3.00. The molecule has 0 aliphatic heterocycles. The van der Waals surface area contributed by atoms with Crippen molar-refractivity contribution in [3.8, 4) is 29.6 Å². The van der Waals surface area contributed by atoms with Crippen molar-refractivity contribution in [1.29, 1.82) is 0 Å². The monoisotopic (exact) mass is 291 g/mol. The molecule has 0 heterocycles. The molecule has 5 heteroatoms. The number of nitrogens with zero attached hydrogens (tertiary/aromatic N) is 1. The molecule has 0 bridgehead atoms. The molecule has 114 valence electrons. The first-order chi connectivity index (χ1) is 10.1. The maximum atomic E-state index is 12.6. The number of carbonyl (C=O) groups excluding carboxylic acids is 1. The molecule has 0 saturated heterocycles. The molecular formula is C16H21NO4. The van der Waals surface area contributed by atoms with Gasteiger partial charge in [0.1, 0.15) is 5.75 Å². The summed E-state index contributed by atoms with van der Waals surface area (Å²) in [7, 11) is 4.55. The highest BCUT2D eigenvalue weighted by atomic mass is 16.5. The topological polar surface area (TPSA) is 48.0 Å². The summed E-state index contributed by atoms with van der Waals surface area (Å²) in [5.74, 6) is 3.72. The highest BCUT2D eigenvalue weighted by Gasteiger charge is 2.21. The zero-order valence-corrected chi connectivity index (χ0v) is 12.9. The standard InChI is InChI=1S/C16H21NO4/c1-6-8-17(9-7-2)16(18)12-10-14(20-4)15(21-5)11-13(12)19-3/h1,10-11H,7-9H2,2-5H3. The van der Waals surface area contributed by atoms with Crippen LogP contribution in [0.4, 0.5) is 0 Å². The molecule has 0 aliphatic carbocycles. The van der Waals surface area contributed by atoms with Gasteiger partial charge in [-0.2, -0.15) is 0 Å². The fourth-order valence-corrected chi connectivity index (χ4v) is 2.00. The van der Waals surface area contributed by atoms with Gasteiger partial charge in [0.25, 0.3) is 5.91 Å². The lowest BCUT2D eigenvalue weighted by Crippen LogP contribution is -2.32. The summed E-state index contributed by atoms with van der Waals surface area (Å²) < 4.78 is 15.7. The zero-order valence-electron chi connectivity index (χ0n) is 12.9. The molecule has 0 radical (unpaired) electrons. The molecule has 0 spiro atoms. The Balaban J connectivity index is 3.26. The molecule has 0 aromatic heterocycles. The van der Waals surface area contributed by atoms with Crippen LogP contribution < -0.4 is 14.2 Å². The van der Waals surface area contributed by atoms with Crippen molar-refractivity contribution in [2.75, 3.05) is 34.4 Å². The van der Waals surface area contributed by atoms with Crippen molar-refractivity contribution in [1.82, 2.24) is 4.90 Å². The molecule has 1 aromatic rings. The molecule has 1 aromatic carbocycles.